The molecule has 30 heavy (non-hydrogen) atoms. The van der Waals surface area contributed by atoms with Crippen LogP contribution in [0.5, 0.6) is 0 Å². The van der Waals surface area contributed by atoms with E-state index in [0.717, 1.165) is 11.6 Å². The number of carbonyl (C=O) groups is 1. The molecular formula is C21H13Cl2N3O4. The van der Waals surface area contributed by atoms with Crippen LogP contribution in [0.3, 0.4) is 0 Å². The number of aromatic nitrogens is 1. The molecule has 0 spiro atoms. The zero-order valence-corrected chi connectivity index (χ0v) is 17.0. The molecule has 1 heterocycles. The van der Waals surface area contributed by atoms with E-state index < -0.39 is 10.8 Å². The summed E-state index contributed by atoms with van der Waals surface area (Å²) in [5.41, 5.74) is 3.14. The fourth-order valence-corrected chi connectivity index (χ4v) is 3.43. The van der Waals surface area contributed by atoms with Gasteiger partial charge in [0.15, 0.2) is 5.58 Å². The zero-order chi connectivity index (χ0) is 21.4. The Balaban J connectivity index is 1.66. The summed E-state index contributed by atoms with van der Waals surface area (Å²) in [4.78, 5) is 27.4. The van der Waals surface area contributed by atoms with E-state index in [4.69, 9.17) is 27.6 Å². The first-order valence-electron chi connectivity index (χ1n) is 8.75. The number of benzene rings is 3. The van der Waals surface area contributed by atoms with Crippen molar-refractivity contribution in [2.24, 2.45) is 0 Å². The third-order valence-corrected chi connectivity index (χ3v) is 5.12. The summed E-state index contributed by atoms with van der Waals surface area (Å²) >= 11 is 12.1. The van der Waals surface area contributed by atoms with Crippen LogP contribution in [-0.4, -0.2) is 15.8 Å². The van der Waals surface area contributed by atoms with Crippen molar-refractivity contribution in [3.8, 4) is 11.5 Å². The second kappa shape index (κ2) is 7.78. The Labute approximate surface area is 180 Å². The van der Waals surface area contributed by atoms with E-state index >= 15 is 0 Å². The van der Waals surface area contributed by atoms with Crippen molar-refractivity contribution in [3.63, 3.8) is 0 Å². The van der Waals surface area contributed by atoms with Crippen molar-refractivity contribution in [2.45, 2.75) is 6.92 Å². The molecule has 1 amide bonds. The number of carbonyl (C=O) groups excluding carboxylic acids is 1. The van der Waals surface area contributed by atoms with E-state index in [1.807, 2.05) is 13.0 Å². The lowest BCUT2D eigenvalue weighted by molar-refractivity contribution is -0.384. The molecule has 4 aromatic rings. The van der Waals surface area contributed by atoms with Gasteiger partial charge in [0.1, 0.15) is 5.52 Å². The molecule has 9 heteroatoms. The van der Waals surface area contributed by atoms with E-state index in [1.54, 1.807) is 30.3 Å². The van der Waals surface area contributed by atoms with Gasteiger partial charge in [0.25, 0.3) is 11.6 Å². The smallest absolute Gasteiger partial charge is 0.270 e. The van der Waals surface area contributed by atoms with Gasteiger partial charge in [0.2, 0.25) is 5.89 Å². The first-order chi connectivity index (χ1) is 14.3. The highest BCUT2D eigenvalue weighted by Crippen LogP contribution is 2.32. The fourth-order valence-electron chi connectivity index (χ4n) is 3.01. The van der Waals surface area contributed by atoms with Crippen LogP contribution in [0.15, 0.2) is 59.0 Å². The number of anilines is 1. The number of nitro groups is 1. The van der Waals surface area contributed by atoms with E-state index in [1.165, 1.54) is 12.1 Å². The summed E-state index contributed by atoms with van der Waals surface area (Å²) in [7, 11) is 0. The Kier molecular flexibility index (Phi) is 5.15. The van der Waals surface area contributed by atoms with Crippen LogP contribution in [-0.2, 0) is 0 Å². The Bertz CT molecular complexity index is 1320. The Morgan fingerprint density at radius 3 is 2.67 bits per heavy atom. The fraction of sp³-hybridized carbons (Fsp3) is 0.0476. The van der Waals surface area contributed by atoms with Crippen LogP contribution in [0.25, 0.3) is 22.6 Å². The number of hydrogen-bond donors (Lipinski definition) is 1. The predicted octanol–water partition coefficient (Wildman–Crippen LogP) is 6.27. The molecule has 0 radical (unpaired) electrons. The van der Waals surface area contributed by atoms with E-state index in [0.29, 0.717) is 33.3 Å². The summed E-state index contributed by atoms with van der Waals surface area (Å²) in [5, 5.41) is 14.2. The Morgan fingerprint density at radius 2 is 1.93 bits per heavy atom. The minimum Gasteiger partial charge on any atom is -0.436 e. The maximum Gasteiger partial charge on any atom is 0.270 e. The van der Waals surface area contributed by atoms with Crippen molar-refractivity contribution < 1.29 is 14.1 Å². The molecule has 1 aromatic heterocycles. The third-order valence-electron chi connectivity index (χ3n) is 4.57. The van der Waals surface area contributed by atoms with Gasteiger partial charge < -0.3 is 9.73 Å². The van der Waals surface area contributed by atoms with Gasteiger partial charge in [-0.3, -0.25) is 14.9 Å². The van der Waals surface area contributed by atoms with Crippen LogP contribution in [0, 0.1) is 17.0 Å². The monoisotopic (exact) mass is 441 g/mol. The first-order valence-corrected chi connectivity index (χ1v) is 9.50. The maximum atomic E-state index is 12.7. The average molecular weight is 442 g/mol. The molecule has 0 aliphatic carbocycles. The van der Waals surface area contributed by atoms with Gasteiger partial charge in [-0.2, -0.15) is 0 Å². The number of nitro benzene ring substituents is 1. The third kappa shape index (κ3) is 3.72. The molecule has 0 aliphatic rings. The number of fused-ring (bicyclic) bond motifs is 1. The molecule has 7 nitrogen and oxygen atoms in total. The molecule has 4 rings (SSSR count). The first kappa shape index (κ1) is 19.9. The lowest BCUT2D eigenvalue weighted by Gasteiger charge is -2.11. The average Bonchev–Trinajstić information content (AvgIpc) is 3.12. The molecule has 0 aliphatic heterocycles. The van der Waals surface area contributed by atoms with Crippen LogP contribution < -0.4 is 5.32 Å². The number of rotatable bonds is 4. The maximum absolute atomic E-state index is 12.7. The van der Waals surface area contributed by atoms with Crippen molar-refractivity contribution >= 4 is 51.6 Å². The number of non-ortho nitro benzene ring substituents is 1. The van der Waals surface area contributed by atoms with Crippen LogP contribution >= 0.6 is 23.2 Å². The van der Waals surface area contributed by atoms with E-state index in [2.05, 4.69) is 10.3 Å². The lowest BCUT2D eigenvalue weighted by atomic mass is 10.1. The van der Waals surface area contributed by atoms with Gasteiger partial charge in [-0.1, -0.05) is 29.3 Å². The molecule has 150 valence electrons. The largest absolute Gasteiger partial charge is 0.436 e. The molecule has 0 fully saturated rings. The Hall–Kier alpha value is -3.42. The van der Waals surface area contributed by atoms with Crippen molar-refractivity contribution in [1.29, 1.82) is 0 Å². The highest BCUT2D eigenvalue weighted by molar-refractivity contribution is 6.34. The summed E-state index contributed by atoms with van der Waals surface area (Å²) in [6.45, 7) is 1.82. The number of hydrogen-bond acceptors (Lipinski definition) is 5. The van der Waals surface area contributed by atoms with Gasteiger partial charge in [-0.25, -0.2) is 4.98 Å². The van der Waals surface area contributed by atoms with Crippen LogP contribution in [0.4, 0.5) is 11.4 Å². The van der Waals surface area contributed by atoms with Gasteiger partial charge in [0.05, 0.1) is 15.5 Å². The summed E-state index contributed by atoms with van der Waals surface area (Å²) < 4.78 is 5.82. The minimum absolute atomic E-state index is 0.00802. The number of nitrogens with zero attached hydrogens (tertiary/aromatic N) is 2. The SMILES string of the molecule is Cc1c(NC(=O)c2ccc([N+](=O)[O-])cc2Cl)cccc1-c1nc2ccc(Cl)cc2o1. The second-order valence-corrected chi connectivity index (χ2v) is 7.33. The summed E-state index contributed by atoms with van der Waals surface area (Å²) in [5.74, 6) is -0.0891. The summed E-state index contributed by atoms with van der Waals surface area (Å²) in [6.07, 6.45) is 0. The highest BCUT2D eigenvalue weighted by Gasteiger charge is 2.18. The highest BCUT2D eigenvalue weighted by atomic mass is 35.5. The molecular weight excluding hydrogens is 429 g/mol. The zero-order valence-electron chi connectivity index (χ0n) is 15.5. The van der Waals surface area contributed by atoms with Crippen LogP contribution in [0.2, 0.25) is 10.0 Å². The molecule has 0 saturated heterocycles. The van der Waals surface area contributed by atoms with Gasteiger partial charge in [0, 0.05) is 34.5 Å². The van der Waals surface area contributed by atoms with Gasteiger partial charge >= 0.3 is 0 Å². The quantitative estimate of drug-likeness (QED) is 0.297. The van der Waals surface area contributed by atoms with Crippen molar-refractivity contribution in [3.05, 3.63) is 85.9 Å². The second-order valence-electron chi connectivity index (χ2n) is 6.48. The van der Waals surface area contributed by atoms with Crippen LogP contribution in [0.1, 0.15) is 15.9 Å². The molecule has 0 unspecified atom stereocenters. The van der Waals surface area contributed by atoms with Crippen molar-refractivity contribution in [2.75, 3.05) is 5.32 Å². The van der Waals surface area contributed by atoms with Gasteiger partial charge in [-0.15, -0.1) is 0 Å². The molecule has 0 atom stereocenters. The number of amides is 1. The lowest BCUT2D eigenvalue weighted by Crippen LogP contribution is -2.13. The molecule has 3 aromatic carbocycles. The molecule has 0 bridgehead atoms. The number of oxazole rings is 1. The standard InChI is InChI=1S/C21H13Cl2N3O4/c1-11-14(21-25-18-8-5-12(22)9-19(18)30-21)3-2-4-17(11)24-20(27)15-7-6-13(26(28)29)10-16(15)23/h2-10H,1H3,(H,24,27). The molecule has 1 N–H and O–H groups in total. The number of nitrogens with one attached hydrogen (secondary N) is 1. The van der Waals surface area contributed by atoms with Gasteiger partial charge in [-0.05, 0) is 42.8 Å². The Morgan fingerprint density at radius 1 is 1.13 bits per heavy atom. The number of halogens is 2. The topological polar surface area (TPSA) is 98.3 Å². The predicted molar refractivity (Wildman–Crippen MR) is 115 cm³/mol. The van der Waals surface area contributed by atoms with Crippen molar-refractivity contribution in [1.82, 2.24) is 4.98 Å². The van der Waals surface area contributed by atoms with E-state index in [-0.39, 0.29) is 16.3 Å². The molecule has 0 saturated carbocycles. The van der Waals surface area contributed by atoms with E-state index in [9.17, 15) is 14.9 Å². The minimum atomic E-state index is -0.575. The summed E-state index contributed by atoms with van der Waals surface area (Å²) in [6, 6.07) is 14.2. The normalized spacial score (nSPS) is 10.9.